The normalized spacial score (nSPS) is 10.4. The molecule has 0 bridgehead atoms. The van der Waals surface area contributed by atoms with Crippen molar-refractivity contribution in [3.05, 3.63) is 29.0 Å². The average molecular weight is 183 g/mol. The standard InChI is InChI=1S/C6H3ClN4O/c7-6-9-4-1-2-8-3-5(4)11(12)10-6/h1-3H. The van der Waals surface area contributed by atoms with E-state index in [9.17, 15) is 5.21 Å². The minimum absolute atomic E-state index is 0.0660. The average Bonchev–Trinajstić information content (AvgIpc) is 2.04. The molecule has 5 nitrogen and oxygen atoms in total. The summed E-state index contributed by atoms with van der Waals surface area (Å²) in [7, 11) is 0. The molecule has 2 heterocycles. The van der Waals surface area contributed by atoms with Gasteiger partial charge in [0, 0.05) is 11.3 Å². The Morgan fingerprint density at radius 3 is 3.17 bits per heavy atom. The zero-order valence-corrected chi connectivity index (χ0v) is 6.56. The third-order valence-corrected chi connectivity index (χ3v) is 1.53. The summed E-state index contributed by atoms with van der Waals surface area (Å²) in [6.45, 7) is 0. The van der Waals surface area contributed by atoms with Crippen molar-refractivity contribution in [3.63, 3.8) is 0 Å². The molecule has 2 aromatic rings. The molecule has 0 radical (unpaired) electrons. The number of nitrogens with zero attached hydrogens (tertiary/aromatic N) is 4. The molecule has 0 amide bonds. The maximum atomic E-state index is 11.0. The highest BCUT2D eigenvalue weighted by Gasteiger charge is 2.07. The number of rotatable bonds is 0. The highest BCUT2D eigenvalue weighted by atomic mass is 35.5. The van der Waals surface area contributed by atoms with Gasteiger partial charge in [-0.15, -0.1) is 0 Å². The van der Waals surface area contributed by atoms with E-state index in [1.807, 2.05) is 0 Å². The lowest BCUT2D eigenvalue weighted by atomic mass is 10.4. The highest BCUT2D eigenvalue weighted by molar-refractivity contribution is 6.28. The summed E-state index contributed by atoms with van der Waals surface area (Å²) in [6.07, 6.45) is 2.92. The predicted molar refractivity (Wildman–Crippen MR) is 41.3 cm³/mol. The van der Waals surface area contributed by atoms with Crippen LogP contribution in [-0.2, 0) is 0 Å². The summed E-state index contributed by atoms with van der Waals surface area (Å²) in [5.41, 5.74) is 0.793. The summed E-state index contributed by atoms with van der Waals surface area (Å²) >= 11 is 5.46. The van der Waals surface area contributed by atoms with Crippen LogP contribution in [0, 0.1) is 5.21 Å². The molecule has 0 atom stereocenters. The number of aromatic nitrogens is 4. The quantitative estimate of drug-likeness (QED) is 0.435. The van der Waals surface area contributed by atoms with Crippen LogP contribution >= 0.6 is 11.6 Å². The molecule has 6 heteroatoms. The molecule has 0 unspecified atom stereocenters. The first-order chi connectivity index (χ1) is 5.77. The second-order valence-electron chi connectivity index (χ2n) is 2.12. The monoisotopic (exact) mass is 182 g/mol. The van der Waals surface area contributed by atoms with Crippen molar-refractivity contribution in [1.29, 1.82) is 0 Å². The fraction of sp³-hybridized carbons (Fsp3) is 0. The first-order valence-electron chi connectivity index (χ1n) is 3.14. The van der Waals surface area contributed by atoms with Gasteiger partial charge in [-0.05, 0) is 22.5 Å². The van der Waals surface area contributed by atoms with Crippen molar-refractivity contribution in [2.45, 2.75) is 0 Å². The van der Waals surface area contributed by atoms with Gasteiger partial charge in [-0.2, -0.15) is 0 Å². The predicted octanol–water partition coefficient (Wildman–Crippen LogP) is 0.312. The third-order valence-electron chi connectivity index (χ3n) is 1.37. The van der Waals surface area contributed by atoms with Gasteiger partial charge < -0.3 is 5.21 Å². The van der Waals surface area contributed by atoms with E-state index in [1.165, 1.54) is 12.4 Å². The topological polar surface area (TPSA) is 65.6 Å². The Labute approximate surface area is 72.2 Å². The van der Waals surface area contributed by atoms with Crippen LogP contribution in [0.3, 0.4) is 0 Å². The van der Waals surface area contributed by atoms with E-state index >= 15 is 0 Å². The van der Waals surface area contributed by atoms with E-state index in [-0.39, 0.29) is 5.28 Å². The number of hydrogen-bond donors (Lipinski definition) is 0. The van der Waals surface area contributed by atoms with Crippen molar-refractivity contribution in [2.75, 3.05) is 0 Å². The van der Waals surface area contributed by atoms with Crippen molar-refractivity contribution >= 4 is 22.6 Å². The van der Waals surface area contributed by atoms with Crippen molar-refractivity contribution < 1.29 is 4.85 Å². The van der Waals surface area contributed by atoms with Gasteiger partial charge in [0.1, 0.15) is 11.7 Å². The maximum Gasteiger partial charge on any atom is 0.290 e. The van der Waals surface area contributed by atoms with Crippen LogP contribution in [0.15, 0.2) is 18.5 Å². The molecule has 12 heavy (non-hydrogen) atoms. The number of fused-ring (bicyclic) bond motifs is 1. The third kappa shape index (κ3) is 1.04. The smallest absolute Gasteiger partial charge is 0.290 e. The van der Waals surface area contributed by atoms with E-state index < -0.39 is 0 Å². The summed E-state index contributed by atoms with van der Waals surface area (Å²) < 4.78 is 0. The minimum atomic E-state index is -0.0660. The minimum Gasteiger partial charge on any atom is -0.594 e. The van der Waals surface area contributed by atoms with Crippen LogP contribution in [0.1, 0.15) is 0 Å². The Morgan fingerprint density at radius 2 is 2.33 bits per heavy atom. The van der Waals surface area contributed by atoms with Gasteiger partial charge in [-0.1, -0.05) is 0 Å². The molecule has 2 rings (SSSR count). The lowest BCUT2D eigenvalue weighted by Crippen LogP contribution is -2.32. The number of hydrogen-bond acceptors (Lipinski definition) is 4. The Bertz CT molecular complexity index is 433. The van der Waals surface area contributed by atoms with Crippen LogP contribution in [0.25, 0.3) is 11.0 Å². The summed E-state index contributed by atoms with van der Waals surface area (Å²) in [4.78, 5) is 7.99. The molecule has 0 aromatic carbocycles. The molecule has 0 aliphatic rings. The van der Waals surface area contributed by atoms with Crippen LogP contribution in [0.2, 0.25) is 5.28 Å². The second kappa shape index (κ2) is 2.53. The van der Waals surface area contributed by atoms with Gasteiger partial charge in [-0.3, -0.25) is 4.98 Å². The SMILES string of the molecule is [O-][n+]1nc(Cl)nc2ccncc21. The van der Waals surface area contributed by atoms with Crippen LogP contribution < -0.4 is 4.85 Å². The Balaban J connectivity index is 2.89. The molecule has 0 aliphatic carbocycles. The lowest BCUT2D eigenvalue weighted by Gasteiger charge is -1.96. The fourth-order valence-electron chi connectivity index (χ4n) is 0.871. The van der Waals surface area contributed by atoms with Crippen LogP contribution in [-0.4, -0.2) is 15.1 Å². The molecule has 60 valence electrons. The van der Waals surface area contributed by atoms with Crippen molar-refractivity contribution in [1.82, 2.24) is 15.1 Å². The van der Waals surface area contributed by atoms with Gasteiger partial charge in [0.2, 0.25) is 0 Å². The molecule has 0 fully saturated rings. The first-order valence-corrected chi connectivity index (χ1v) is 3.52. The van der Waals surface area contributed by atoms with Gasteiger partial charge in [0.15, 0.2) is 0 Å². The Kier molecular flexibility index (Phi) is 1.51. The van der Waals surface area contributed by atoms with E-state index in [0.29, 0.717) is 15.9 Å². The largest absolute Gasteiger partial charge is 0.594 e. The molecule has 0 saturated carbocycles. The second-order valence-corrected chi connectivity index (χ2v) is 2.46. The van der Waals surface area contributed by atoms with E-state index in [1.54, 1.807) is 6.07 Å². The summed E-state index contributed by atoms with van der Waals surface area (Å²) in [6, 6.07) is 1.59. The van der Waals surface area contributed by atoms with Crippen LogP contribution in [0.4, 0.5) is 0 Å². The molecular formula is C6H3ClN4O. The number of pyridine rings is 1. The molecule has 2 aromatic heterocycles. The molecular weight excluding hydrogens is 180 g/mol. The zero-order chi connectivity index (χ0) is 8.55. The van der Waals surface area contributed by atoms with Crippen LogP contribution in [0.5, 0.6) is 0 Å². The fourth-order valence-corrected chi connectivity index (χ4v) is 1.03. The Morgan fingerprint density at radius 1 is 1.50 bits per heavy atom. The van der Waals surface area contributed by atoms with Gasteiger partial charge >= 0.3 is 0 Å². The summed E-state index contributed by atoms with van der Waals surface area (Å²) in [5, 5.41) is 14.4. The van der Waals surface area contributed by atoms with E-state index in [4.69, 9.17) is 11.6 Å². The van der Waals surface area contributed by atoms with Crippen molar-refractivity contribution in [2.24, 2.45) is 0 Å². The maximum absolute atomic E-state index is 11.0. The van der Waals surface area contributed by atoms with E-state index in [0.717, 1.165) is 0 Å². The van der Waals surface area contributed by atoms with Gasteiger partial charge in [-0.25, -0.2) is 4.98 Å². The van der Waals surface area contributed by atoms with Gasteiger partial charge in [0.25, 0.3) is 10.8 Å². The molecule has 0 spiro atoms. The van der Waals surface area contributed by atoms with Crippen molar-refractivity contribution in [3.8, 4) is 0 Å². The molecule has 0 N–H and O–H groups in total. The first kappa shape index (κ1) is 7.17. The zero-order valence-electron chi connectivity index (χ0n) is 5.81. The molecule has 0 saturated heterocycles. The van der Waals surface area contributed by atoms with E-state index in [2.05, 4.69) is 15.1 Å². The highest BCUT2D eigenvalue weighted by Crippen LogP contribution is 2.05. The lowest BCUT2D eigenvalue weighted by molar-refractivity contribution is -0.643. The van der Waals surface area contributed by atoms with Gasteiger partial charge in [0.05, 0.1) is 0 Å². The summed E-state index contributed by atoms with van der Waals surface area (Å²) in [5.74, 6) is 0. The Hall–Kier alpha value is -1.49. The number of halogens is 1. The molecule has 0 aliphatic heterocycles.